The molecule has 0 aliphatic heterocycles. The fourth-order valence-corrected chi connectivity index (χ4v) is 1.38. The first kappa shape index (κ1) is 13.9. The molecule has 0 atom stereocenters. The number of aldehydes is 1. The van der Waals surface area contributed by atoms with Crippen LogP contribution in [0.15, 0.2) is 54.6 Å². The fourth-order valence-electron chi connectivity index (χ4n) is 1.38. The molecule has 0 unspecified atom stereocenters. The van der Waals surface area contributed by atoms with E-state index in [4.69, 9.17) is 4.74 Å². The third-order valence-electron chi connectivity index (χ3n) is 2.26. The van der Waals surface area contributed by atoms with E-state index in [9.17, 15) is 9.18 Å². The van der Waals surface area contributed by atoms with Crippen molar-refractivity contribution in [1.82, 2.24) is 0 Å². The molecule has 2 aromatic rings. The molecule has 0 amide bonds. The van der Waals surface area contributed by atoms with Gasteiger partial charge in [0.2, 0.25) is 0 Å². The minimum absolute atomic E-state index is 0.500. The smallest absolute Gasteiger partial charge is 0.150 e. The van der Waals surface area contributed by atoms with Gasteiger partial charge in [0, 0.05) is 5.56 Å². The molecule has 0 radical (unpaired) electrons. The van der Waals surface area contributed by atoms with E-state index >= 15 is 0 Å². The molecule has 0 spiro atoms. The van der Waals surface area contributed by atoms with E-state index in [1.165, 1.54) is 0 Å². The van der Waals surface area contributed by atoms with E-state index in [-0.39, 0.29) is 0 Å². The van der Waals surface area contributed by atoms with Crippen LogP contribution in [0.5, 0.6) is 5.75 Å². The molecule has 2 aromatic carbocycles. The SMILES string of the molecule is CF.O=Cc1ccc(OCc2ccccc2)cc1. The Kier molecular flexibility index (Phi) is 6.19. The van der Waals surface area contributed by atoms with E-state index in [0.29, 0.717) is 19.3 Å². The van der Waals surface area contributed by atoms with Gasteiger partial charge in [0.1, 0.15) is 18.6 Å². The van der Waals surface area contributed by atoms with Crippen molar-refractivity contribution in [2.45, 2.75) is 6.61 Å². The second kappa shape index (κ2) is 8.01. The van der Waals surface area contributed by atoms with Gasteiger partial charge in [-0.1, -0.05) is 30.3 Å². The van der Waals surface area contributed by atoms with Gasteiger partial charge in [-0.05, 0) is 29.8 Å². The lowest BCUT2D eigenvalue weighted by Gasteiger charge is -2.05. The number of halogens is 1. The van der Waals surface area contributed by atoms with E-state index in [1.807, 2.05) is 30.3 Å². The Morgan fingerprint density at radius 2 is 1.61 bits per heavy atom. The predicted octanol–water partition coefficient (Wildman–Crippen LogP) is 3.66. The van der Waals surface area contributed by atoms with Crippen molar-refractivity contribution in [3.05, 3.63) is 65.7 Å². The van der Waals surface area contributed by atoms with E-state index in [1.54, 1.807) is 24.3 Å². The summed E-state index contributed by atoms with van der Waals surface area (Å²) >= 11 is 0. The van der Waals surface area contributed by atoms with Crippen molar-refractivity contribution < 1.29 is 13.9 Å². The molecular formula is C15H15FO2. The minimum atomic E-state index is 0.500. The molecule has 0 aliphatic rings. The molecule has 0 fully saturated rings. The van der Waals surface area contributed by atoms with E-state index in [0.717, 1.165) is 17.6 Å². The number of rotatable bonds is 4. The molecule has 0 bridgehead atoms. The molecule has 0 aliphatic carbocycles. The topological polar surface area (TPSA) is 26.3 Å². The van der Waals surface area contributed by atoms with Crippen LogP contribution < -0.4 is 4.74 Å². The van der Waals surface area contributed by atoms with E-state index in [2.05, 4.69) is 0 Å². The third kappa shape index (κ3) is 4.37. The van der Waals surface area contributed by atoms with Crippen LogP contribution in [0.2, 0.25) is 0 Å². The number of hydrogen-bond acceptors (Lipinski definition) is 2. The summed E-state index contributed by atoms with van der Waals surface area (Å²) in [6, 6.07) is 17.0. The van der Waals surface area contributed by atoms with Crippen LogP contribution in [-0.4, -0.2) is 13.5 Å². The zero-order valence-electron chi connectivity index (χ0n) is 10.2. The molecule has 94 valence electrons. The van der Waals surface area contributed by atoms with Crippen molar-refractivity contribution in [2.75, 3.05) is 7.18 Å². The van der Waals surface area contributed by atoms with Gasteiger partial charge in [-0.3, -0.25) is 9.18 Å². The van der Waals surface area contributed by atoms with Crippen LogP contribution in [0.25, 0.3) is 0 Å². The van der Waals surface area contributed by atoms with Gasteiger partial charge in [-0.2, -0.15) is 0 Å². The molecule has 2 rings (SSSR count). The number of alkyl halides is 1. The zero-order chi connectivity index (χ0) is 13.2. The molecular weight excluding hydrogens is 231 g/mol. The Morgan fingerprint density at radius 1 is 1.00 bits per heavy atom. The Hall–Kier alpha value is -2.16. The van der Waals surface area contributed by atoms with Gasteiger partial charge < -0.3 is 4.74 Å². The number of carbonyl (C=O) groups is 1. The van der Waals surface area contributed by atoms with Crippen molar-refractivity contribution in [3.63, 3.8) is 0 Å². The Labute approximate surface area is 106 Å². The summed E-state index contributed by atoms with van der Waals surface area (Å²) in [6.45, 7) is 0.543. The first-order valence-corrected chi connectivity index (χ1v) is 5.48. The van der Waals surface area contributed by atoms with Crippen LogP contribution >= 0.6 is 0 Å². The standard InChI is InChI=1S/C14H12O2.CH3F/c15-10-12-6-8-14(9-7-12)16-11-13-4-2-1-3-5-13;1-2/h1-10H,11H2;1H3. The maximum atomic E-state index is 10.5. The summed E-state index contributed by atoms with van der Waals surface area (Å²) in [6.07, 6.45) is 0.820. The Bertz CT molecular complexity index is 452. The summed E-state index contributed by atoms with van der Waals surface area (Å²) in [5.74, 6) is 0.773. The maximum absolute atomic E-state index is 10.5. The van der Waals surface area contributed by atoms with Gasteiger partial charge in [0.05, 0.1) is 7.18 Å². The highest BCUT2D eigenvalue weighted by atomic mass is 19.1. The molecule has 18 heavy (non-hydrogen) atoms. The van der Waals surface area contributed by atoms with Crippen molar-refractivity contribution in [3.8, 4) is 5.75 Å². The largest absolute Gasteiger partial charge is 0.489 e. The third-order valence-corrected chi connectivity index (χ3v) is 2.26. The van der Waals surface area contributed by atoms with Crippen molar-refractivity contribution >= 4 is 6.29 Å². The van der Waals surface area contributed by atoms with Gasteiger partial charge in [0.15, 0.2) is 0 Å². The first-order valence-electron chi connectivity index (χ1n) is 5.48. The number of carbonyl (C=O) groups excluding carboxylic acids is 1. The molecule has 0 saturated carbocycles. The monoisotopic (exact) mass is 246 g/mol. The highest BCUT2D eigenvalue weighted by Gasteiger charge is 1.95. The normalized spacial score (nSPS) is 9.00. The van der Waals surface area contributed by atoms with Gasteiger partial charge in [-0.25, -0.2) is 0 Å². The summed E-state index contributed by atoms with van der Waals surface area (Å²) in [5, 5.41) is 0. The fraction of sp³-hybridized carbons (Fsp3) is 0.133. The molecule has 0 saturated heterocycles. The Balaban J connectivity index is 0.000000771. The average Bonchev–Trinajstić information content (AvgIpc) is 2.49. The average molecular weight is 246 g/mol. The summed E-state index contributed by atoms with van der Waals surface area (Å²) in [7, 11) is 0.500. The summed E-state index contributed by atoms with van der Waals surface area (Å²) < 4.78 is 15.1. The van der Waals surface area contributed by atoms with Gasteiger partial charge >= 0.3 is 0 Å². The lowest BCUT2D eigenvalue weighted by molar-refractivity contribution is 0.112. The minimum Gasteiger partial charge on any atom is -0.489 e. The maximum Gasteiger partial charge on any atom is 0.150 e. The van der Waals surface area contributed by atoms with Crippen LogP contribution in [0.1, 0.15) is 15.9 Å². The van der Waals surface area contributed by atoms with Crippen LogP contribution in [0, 0.1) is 0 Å². The lowest BCUT2D eigenvalue weighted by Crippen LogP contribution is -1.94. The molecule has 3 heteroatoms. The predicted molar refractivity (Wildman–Crippen MR) is 69.6 cm³/mol. The second-order valence-corrected chi connectivity index (χ2v) is 3.46. The highest BCUT2D eigenvalue weighted by molar-refractivity contribution is 5.74. The van der Waals surface area contributed by atoms with Gasteiger partial charge in [-0.15, -0.1) is 0 Å². The van der Waals surface area contributed by atoms with Crippen molar-refractivity contribution in [1.29, 1.82) is 0 Å². The summed E-state index contributed by atoms with van der Waals surface area (Å²) in [5.41, 5.74) is 1.79. The molecule has 0 aromatic heterocycles. The number of hydrogen-bond donors (Lipinski definition) is 0. The highest BCUT2D eigenvalue weighted by Crippen LogP contribution is 2.13. The van der Waals surface area contributed by atoms with Crippen molar-refractivity contribution in [2.24, 2.45) is 0 Å². The number of ether oxygens (including phenoxy) is 1. The lowest BCUT2D eigenvalue weighted by atomic mass is 10.2. The molecule has 0 heterocycles. The second-order valence-electron chi connectivity index (χ2n) is 3.46. The molecule has 2 nitrogen and oxygen atoms in total. The Morgan fingerprint density at radius 3 is 2.17 bits per heavy atom. The molecule has 0 N–H and O–H groups in total. The van der Waals surface area contributed by atoms with Crippen LogP contribution in [0.3, 0.4) is 0 Å². The van der Waals surface area contributed by atoms with Gasteiger partial charge in [0.25, 0.3) is 0 Å². The number of benzene rings is 2. The zero-order valence-corrected chi connectivity index (χ0v) is 10.2. The van der Waals surface area contributed by atoms with E-state index < -0.39 is 0 Å². The quantitative estimate of drug-likeness (QED) is 0.769. The van der Waals surface area contributed by atoms with Crippen LogP contribution in [0.4, 0.5) is 4.39 Å². The summed E-state index contributed by atoms with van der Waals surface area (Å²) in [4.78, 5) is 10.5. The first-order chi connectivity index (χ1) is 8.88. The van der Waals surface area contributed by atoms with Crippen LogP contribution in [-0.2, 0) is 6.61 Å².